The summed E-state index contributed by atoms with van der Waals surface area (Å²) in [4.78, 5) is 0. The van der Waals surface area contributed by atoms with Gasteiger partial charge in [0.15, 0.2) is 0 Å². The van der Waals surface area contributed by atoms with Gasteiger partial charge in [-0.1, -0.05) is 96.5 Å². The van der Waals surface area contributed by atoms with Gasteiger partial charge in [0.1, 0.15) is 7.85 Å². The largest absolute Gasteiger partial charge is 0.113 e. The van der Waals surface area contributed by atoms with Crippen LogP contribution in [-0.2, 0) is 6.42 Å². The fraction of sp³-hybridized carbons (Fsp3) is 0.647. The van der Waals surface area contributed by atoms with Crippen molar-refractivity contribution in [1.82, 2.24) is 0 Å². The van der Waals surface area contributed by atoms with Gasteiger partial charge in [0.2, 0.25) is 0 Å². The molecule has 0 saturated carbocycles. The highest BCUT2D eigenvalue weighted by molar-refractivity contribution is 6.32. The first kappa shape index (κ1) is 19.6. The van der Waals surface area contributed by atoms with Crippen LogP contribution in [0, 0.1) is 0 Å². The van der Waals surface area contributed by atoms with Gasteiger partial charge in [-0.3, -0.25) is 0 Å². The van der Waals surface area contributed by atoms with Gasteiger partial charge < -0.3 is 0 Å². The van der Waals surface area contributed by atoms with E-state index in [9.17, 15) is 0 Å². The van der Waals surface area contributed by atoms with E-state index in [2.05, 4.69) is 26.8 Å². The summed E-state index contributed by atoms with van der Waals surface area (Å²) < 4.78 is 0. The average molecular weight is 246 g/mol. The lowest BCUT2D eigenvalue weighted by molar-refractivity contribution is 0.656. The second-order valence-electron chi connectivity index (χ2n) is 4.16. The molecule has 0 aromatic heterocycles. The Bertz CT molecular complexity index is 252. The van der Waals surface area contributed by atoms with E-state index in [1.807, 2.05) is 32.0 Å². The lowest BCUT2D eigenvalue weighted by Crippen LogP contribution is -2.01. The zero-order chi connectivity index (χ0) is 14.2. The molecule has 0 bridgehead atoms. The molecule has 0 unspecified atom stereocenters. The Labute approximate surface area is 117 Å². The van der Waals surface area contributed by atoms with Crippen molar-refractivity contribution in [2.45, 2.75) is 73.1 Å². The molecule has 0 N–H and O–H groups in total. The van der Waals surface area contributed by atoms with Crippen LogP contribution in [0.25, 0.3) is 0 Å². The van der Waals surface area contributed by atoms with Crippen molar-refractivity contribution < 1.29 is 0 Å². The molecule has 0 spiro atoms. The summed E-state index contributed by atoms with van der Waals surface area (Å²) in [6, 6.07) is 7.96. The first-order chi connectivity index (χ1) is 8.74. The number of aryl methyl sites for hydroxylation is 1. The van der Waals surface area contributed by atoms with E-state index in [0.29, 0.717) is 0 Å². The molecule has 18 heavy (non-hydrogen) atoms. The Balaban J connectivity index is 0. The van der Waals surface area contributed by atoms with E-state index in [1.165, 1.54) is 37.7 Å². The van der Waals surface area contributed by atoms with Gasteiger partial charge >= 0.3 is 0 Å². The maximum absolute atomic E-state index is 5.53. The molecular weight excluding hydrogens is 215 g/mol. The second-order valence-corrected chi connectivity index (χ2v) is 4.16. The fourth-order valence-electron chi connectivity index (χ4n) is 1.49. The van der Waals surface area contributed by atoms with E-state index < -0.39 is 0 Å². The van der Waals surface area contributed by atoms with Crippen molar-refractivity contribution in [1.29, 1.82) is 0 Å². The zero-order valence-electron chi connectivity index (χ0n) is 13.1. The molecule has 1 aromatic rings. The minimum Gasteiger partial charge on any atom is -0.0964 e. The van der Waals surface area contributed by atoms with E-state index in [0.717, 1.165) is 11.9 Å². The molecule has 102 valence electrons. The predicted octanol–water partition coefficient (Wildman–Crippen LogP) is 5.05. The molecule has 0 aliphatic carbocycles. The summed E-state index contributed by atoms with van der Waals surface area (Å²) in [5.41, 5.74) is 2.16. The Morgan fingerprint density at radius 1 is 0.889 bits per heavy atom. The molecule has 0 amide bonds. The smallest absolute Gasteiger partial charge is 0.0964 e. The molecule has 1 rings (SSSR count). The highest BCUT2D eigenvalue weighted by Crippen LogP contribution is 2.00. The number of unbranched alkanes of at least 4 members (excludes halogenated alkanes) is 4. The van der Waals surface area contributed by atoms with E-state index in [1.54, 1.807) is 0 Å². The lowest BCUT2D eigenvalue weighted by Gasteiger charge is -1.95. The molecule has 0 fully saturated rings. The van der Waals surface area contributed by atoms with Gasteiger partial charge in [-0.05, 0) is 12.0 Å². The third-order valence-corrected chi connectivity index (χ3v) is 2.57. The van der Waals surface area contributed by atoms with Crippen molar-refractivity contribution >= 4 is 13.3 Å². The minimum atomic E-state index is 0.856. The Morgan fingerprint density at radius 3 is 1.78 bits per heavy atom. The topological polar surface area (TPSA) is 0 Å². The number of rotatable bonds is 5. The van der Waals surface area contributed by atoms with Crippen molar-refractivity contribution in [3.8, 4) is 0 Å². The van der Waals surface area contributed by atoms with Crippen molar-refractivity contribution in [3.05, 3.63) is 29.8 Å². The molecule has 1 aromatic carbocycles. The van der Waals surface area contributed by atoms with Crippen molar-refractivity contribution in [2.24, 2.45) is 0 Å². The molecular formula is C17H31B. The van der Waals surface area contributed by atoms with Crippen LogP contribution >= 0.6 is 0 Å². The first-order valence-electron chi connectivity index (χ1n) is 7.58. The van der Waals surface area contributed by atoms with Crippen LogP contribution in [0.5, 0.6) is 0 Å². The van der Waals surface area contributed by atoms with Gasteiger partial charge in [0.25, 0.3) is 0 Å². The SMILES string of the molecule is CC.CCCCCCC.[B]c1cccc(CC)c1. The number of hydrogen-bond donors (Lipinski definition) is 0. The standard InChI is InChI=1S/C8H9B.C7H16.C2H6/c1-2-7-4-3-5-8(9)6-7;1-3-5-7-6-4-2;1-2/h3-6H,2H2,1H3;3-7H2,1-2H3;1-2H3. The fourth-order valence-corrected chi connectivity index (χ4v) is 1.49. The Hall–Kier alpha value is -0.715. The Morgan fingerprint density at radius 2 is 1.44 bits per heavy atom. The summed E-state index contributed by atoms with van der Waals surface area (Å²) in [6.45, 7) is 10.6. The van der Waals surface area contributed by atoms with E-state index in [4.69, 9.17) is 7.85 Å². The van der Waals surface area contributed by atoms with Crippen LogP contribution in [0.15, 0.2) is 24.3 Å². The van der Waals surface area contributed by atoms with Crippen LogP contribution in [0.1, 0.15) is 72.3 Å². The third-order valence-electron chi connectivity index (χ3n) is 2.57. The summed E-state index contributed by atoms with van der Waals surface area (Å²) in [7, 11) is 5.53. The lowest BCUT2D eigenvalue weighted by atomic mass is 9.94. The second kappa shape index (κ2) is 16.3. The van der Waals surface area contributed by atoms with Crippen molar-refractivity contribution in [3.63, 3.8) is 0 Å². The summed E-state index contributed by atoms with van der Waals surface area (Å²) >= 11 is 0. The quantitative estimate of drug-likeness (QED) is 0.504. The minimum absolute atomic E-state index is 0.856. The van der Waals surface area contributed by atoms with Crippen LogP contribution in [0.4, 0.5) is 0 Å². The molecule has 0 aliphatic rings. The summed E-state index contributed by atoms with van der Waals surface area (Å²) in [5, 5.41) is 0. The van der Waals surface area contributed by atoms with Gasteiger partial charge in [0.05, 0.1) is 0 Å². The number of benzene rings is 1. The van der Waals surface area contributed by atoms with E-state index >= 15 is 0 Å². The van der Waals surface area contributed by atoms with E-state index in [-0.39, 0.29) is 0 Å². The maximum Gasteiger partial charge on any atom is 0.113 e. The molecule has 2 radical (unpaired) electrons. The monoisotopic (exact) mass is 246 g/mol. The van der Waals surface area contributed by atoms with Gasteiger partial charge in [-0.25, -0.2) is 0 Å². The number of hydrogen-bond acceptors (Lipinski definition) is 0. The van der Waals surface area contributed by atoms with Gasteiger partial charge in [0, 0.05) is 0 Å². The maximum atomic E-state index is 5.53. The third kappa shape index (κ3) is 13.4. The molecule has 0 heterocycles. The average Bonchev–Trinajstić information content (AvgIpc) is 2.42. The van der Waals surface area contributed by atoms with Crippen LogP contribution in [0.3, 0.4) is 0 Å². The summed E-state index contributed by atoms with van der Waals surface area (Å²) in [5.74, 6) is 0. The van der Waals surface area contributed by atoms with Gasteiger partial charge in [-0.15, -0.1) is 0 Å². The van der Waals surface area contributed by atoms with Crippen LogP contribution in [-0.4, -0.2) is 7.85 Å². The molecule has 0 nitrogen and oxygen atoms in total. The van der Waals surface area contributed by atoms with Crippen LogP contribution < -0.4 is 5.46 Å². The normalized spacial score (nSPS) is 8.72. The van der Waals surface area contributed by atoms with Crippen molar-refractivity contribution in [2.75, 3.05) is 0 Å². The molecule has 0 aliphatic heterocycles. The Kier molecular flexibility index (Phi) is 17.8. The molecule has 0 saturated heterocycles. The summed E-state index contributed by atoms with van der Waals surface area (Å²) in [6.07, 6.45) is 8.07. The molecule has 0 atom stereocenters. The van der Waals surface area contributed by atoms with Crippen LogP contribution in [0.2, 0.25) is 0 Å². The highest BCUT2D eigenvalue weighted by Gasteiger charge is 1.85. The molecule has 1 heteroatoms. The zero-order valence-corrected chi connectivity index (χ0v) is 13.1. The highest BCUT2D eigenvalue weighted by atomic mass is 13.9. The predicted molar refractivity (Wildman–Crippen MR) is 87.0 cm³/mol. The first-order valence-corrected chi connectivity index (χ1v) is 7.58. The van der Waals surface area contributed by atoms with Gasteiger partial charge in [-0.2, -0.15) is 0 Å².